The zero-order valence-electron chi connectivity index (χ0n) is 11.5. The monoisotopic (exact) mass is 307 g/mol. The molecule has 1 atom stereocenters. The van der Waals surface area contributed by atoms with Gasteiger partial charge in [-0.05, 0) is 19.8 Å². The summed E-state index contributed by atoms with van der Waals surface area (Å²) < 4.78 is 27.4. The number of nitrogens with one attached hydrogen (secondary N) is 2. The molecule has 1 aliphatic rings. The van der Waals surface area contributed by atoms with E-state index in [1.165, 1.54) is 0 Å². The highest BCUT2D eigenvalue weighted by atomic mass is 32.2. The molecule has 0 radical (unpaired) electrons. The van der Waals surface area contributed by atoms with Crippen molar-refractivity contribution in [3.8, 4) is 0 Å². The van der Waals surface area contributed by atoms with Crippen LogP contribution in [0, 0.1) is 5.92 Å². The van der Waals surface area contributed by atoms with Gasteiger partial charge in [0.25, 0.3) is 10.2 Å². The molecule has 20 heavy (non-hydrogen) atoms. The molecule has 0 aromatic heterocycles. The predicted molar refractivity (Wildman–Crippen MR) is 72.2 cm³/mol. The smallest absolute Gasteiger partial charge is 0.307 e. The second-order valence-corrected chi connectivity index (χ2v) is 6.39. The lowest BCUT2D eigenvalue weighted by atomic mass is 10.0. The first-order valence-corrected chi connectivity index (χ1v) is 8.05. The first-order valence-electron chi connectivity index (χ1n) is 6.61. The van der Waals surface area contributed by atoms with Gasteiger partial charge in [-0.2, -0.15) is 12.7 Å². The minimum Gasteiger partial charge on any atom is -0.481 e. The molecule has 1 heterocycles. The number of carboxylic acid groups (broad SMARTS) is 1. The molecule has 0 bridgehead atoms. The van der Waals surface area contributed by atoms with Gasteiger partial charge in [-0.1, -0.05) is 0 Å². The summed E-state index contributed by atoms with van der Waals surface area (Å²) in [5.74, 6) is -1.87. The van der Waals surface area contributed by atoms with Crippen LogP contribution in [-0.4, -0.2) is 55.9 Å². The van der Waals surface area contributed by atoms with Crippen LogP contribution in [0.1, 0.15) is 26.2 Å². The molecule has 0 aromatic rings. The minimum atomic E-state index is -3.72. The highest BCUT2D eigenvalue weighted by Crippen LogP contribution is 2.18. The number of rotatable bonds is 7. The molecule has 1 fully saturated rings. The van der Waals surface area contributed by atoms with E-state index in [0.29, 0.717) is 25.9 Å². The van der Waals surface area contributed by atoms with E-state index in [1.54, 1.807) is 6.92 Å². The molecule has 1 saturated heterocycles. The number of hydrogen-bond donors (Lipinski definition) is 3. The fourth-order valence-corrected chi connectivity index (χ4v) is 3.32. The zero-order chi connectivity index (χ0) is 15.2. The van der Waals surface area contributed by atoms with Crippen molar-refractivity contribution >= 4 is 22.1 Å². The average Bonchev–Trinajstić information content (AvgIpc) is 2.39. The van der Waals surface area contributed by atoms with Crippen molar-refractivity contribution in [3.63, 3.8) is 0 Å². The van der Waals surface area contributed by atoms with E-state index in [2.05, 4.69) is 10.0 Å². The number of carboxylic acids is 1. The summed E-state index contributed by atoms with van der Waals surface area (Å²) in [5.41, 5.74) is 0. The van der Waals surface area contributed by atoms with Crippen molar-refractivity contribution in [1.29, 1.82) is 0 Å². The lowest BCUT2D eigenvalue weighted by molar-refractivity contribution is -0.142. The van der Waals surface area contributed by atoms with Crippen LogP contribution in [0.5, 0.6) is 0 Å². The summed E-state index contributed by atoms with van der Waals surface area (Å²) in [6.07, 6.45) is 1.07. The lowest BCUT2D eigenvalue weighted by Gasteiger charge is -2.29. The fraction of sp³-hybridized carbons (Fsp3) is 0.818. The number of piperidine rings is 1. The molecule has 1 aliphatic heterocycles. The van der Waals surface area contributed by atoms with Crippen LogP contribution in [0.2, 0.25) is 0 Å². The largest absolute Gasteiger partial charge is 0.481 e. The molecule has 9 heteroatoms. The molecule has 0 aromatic carbocycles. The third-order valence-electron chi connectivity index (χ3n) is 3.08. The Morgan fingerprint density at radius 3 is 2.70 bits per heavy atom. The van der Waals surface area contributed by atoms with Gasteiger partial charge in [0.15, 0.2) is 0 Å². The van der Waals surface area contributed by atoms with Crippen molar-refractivity contribution in [2.45, 2.75) is 26.2 Å². The maximum atomic E-state index is 12.0. The Balaban J connectivity index is 2.47. The van der Waals surface area contributed by atoms with Crippen LogP contribution < -0.4 is 10.0 Å². The quantitative estimate of drug-likeness (QED) is 0.566. The SMILES string of the molecule is CCNC(=O)CCNS(=O)(=O)N1CCCC(C(=O)O)C1. The van der Waals surface area contributed by atoms with Crippen molar-refractivity contribution in [3.05, 3.63) is 0 Å². The molecule has 3 N–H and O–H groups in total. The molecule has 116 valence electrons. The Kier molecular flexibility index (Phi) is 6.37. The first kappa shape index (κ1) is 16.9. The number of aliphatic carboxylic acids is 1. The van der Waals surface area contributed by atoms with Gasteiger partial charge in [-0.3, -0.25) is 9.59 Å². The van der Waals surface area contributed by atoms with Crippen molar-refractivity contribution in [1.82, 2.24) is 14.3 Å². The molecule has 0 spiro atoms. The van der Waals surface area contributed by atoms with Crippen molar-refractivity contribution in [2.75, 3.05) is 26.2 Å². The van der Waals surface area contributed by atoms with Gasteiger partial charge < -0.3 is 10.4 Å². The second kappa shape index (κ2) is 7.55. The second-order valence-electron chi connectivity index (χ2n) is 4.64. The first-order chi connectivity index (χ1) is 9.36. The van der Waals surface area contributed by atoms with Gasteiger partial charge in [-0.15, -0.1) is 0 Å². The summed E-state index contributed by atoms with van der Waals surface area (Å²) in [6, 6.07) is 0. The minimum absolute atomic E-state index is 0.00239. The average molecular weight is 307 g/mol. The van der Waals surface area contributed by atoms with Crippen molar-refractivity contribution in [2.24, 2.45) is 5.92 Å². The summed E-state index contributed by atoms with van der Waals surface area (Å²) in [5, 5.41) is 11.5. The maximum Gasteiger partial charge on any atom is 0.307 e. The van der Waals surface area contributed by atoms with Crippen LogP contribution in [0.3, 0.4) is 0 Å². The lowest BCUT2D eigenvalue weighted by Crippen LogP contribution is -2.48. The fourth-order valence-electron chi connectivity index (χ4n) is 2.03. The maximum absolute atomic E-state index is 12.0. The van der Waals surface area contributed by atoms with Crippen LogP contribution in [0.4, 0.5) is 0 Å². The van der Waals surface area contributed by atoms with Gasteiger partial charge in [0.05, 0.1) is 5.92 Å². The summed E-state index contributed by atoms with van der Waals surface area (Å²) >= 11 is 0. The van der Waals surface area contributed by atoms with E-state index in [4.69, 9.17) is 5.11 Å². The van der Waals surface area contributed by atoms with E-state index >= 15 is 0 Å². The topological polar surface area (TPSA) is 116 Å². The van der Waals surface area contributed by atoms with E-state index in [9.17, 15) is 18.0 Å². The molecule has 1 amide bonds. The number of hydrogen-bond acceptors (Lipinski definition) is 4. The Morgan fingerprint density at radius 1 is 1.40 bits per heavy atom. The van der Waals surface area contributed by atoms with Crippen LogP contribution >= 0.6 is 0 Å². The van der Waals surface area contributed by atoms with E-state index in [1.807, 2.05) is 0 Å². The summed E-state index contributed by atoms with van der Waals surface area (Å²) in [4.78, 5) is 22.1. The van der Waals surface area contributed by atoms with Gasteiger partial charge >= 0.3 is 5.97 Å². The Morgan fingerprint density at radius 2 is 2.10 bits per heavy atom. The van der Waals surface area contributed by atoms with Crippen LogP contribution in [-0.2, 0) is 19.8 Å². The highest BCUT2D eigenvalue weighted by Gasteiger charge is 2.31. The molecular formula is C11H21N3O5S. The van der Waals surface area contributed by atoms with Gasteiger partial charge in [0, 0.05) is 32.6 Å². The molecule has 0 aliphatic carbocycles. The normalized spacial score (nSPS) is 20.6. The summed E-state index contributed by atoms with van der Waals surface area (Å²) in [6.45, 7) is 2.56. The Bertz CT molecular complexity index is 451. The highest BCUT2D eigenvalue weighted by molar-refractivity contribution is 7.87. The third-order valence-corrected chi connectivity index (χ3v) is 4.66. The molecule has 1 rings (SSSR count). The number of nitrogens with zero attached hydrogens (tertiary/aromatic N) is 1. The predicted octanol–water partition coefficient (Wildman–Crippen LogP) is -0.856. The molecule has 8 nitrogen and oxygen atoms in total. The molecular weight excluding hydrogens is 286 g/mol. The van der Waals surface area contributed by atoms with Crippen LogP contribution in [0.15, 0.2) is 0 Å². The van der Waals surface area contributed by atoms with Gasteiger partial charge in [0.2, 0.25) is 5.91 Å². The molecule has 1 unspecified atom stereocenters. The Labute approximate surface area is 118 Å². The molecule has 0 saturated carbocycles. The number of carbonyl (C=O) groups excluding carboxylic acids is 1. The Hall–Kier alpha value is -1.19. The third kappa shape index (κ3) is 5.06. The number of carbonyl (C=O) groups is 2. The van der Waals surface area contributed by atoms with E-state index < -0.39 is 22.1 Å². The van der Waals surface area contributed by atoms with Gasteiger partial charge in [-0.25, -0.2) is 4.72 Å². The zero-order valence-corrected chi connectivity index (χ0v) is 12.3. The van der Waals surface area contributed by atoms with E-state index in [0.717, 1.165) is 4.31 Å². The van der Waals surface area contributed by atoms with Crippen LogP contribution in [0.25, 0.3) is 0 Å². The van der Waals surface area contributed by atoms with E-state index in [-0.39, 0.29) is 25.4 Å². The van der Waals surface area contributed by atoms with Crippen molar-refractivity contribution < 1.29 is 23.1 Å². The summed E-state index contributed by atoms with van der Waals surface area (Å²) in [7, 11) is -3.72. The number of amides is 1. The van der Waals surface area contributed by atoms with Gasteiger partial charge in [0.1, 0.15) is 0 Å². The standard InChI is InChI=1S/C11H21N3O5S/c1-2-12-10(15)5-6-13-20(18,19)14-7-3-4-9(8-14)11(16)17/h9,13H,2-8H2,1H3,(H,12,15)(H,16,17).